The number of rotatable bonds is 4. The van der Waals surface area contributed by atoms with E-state index in [2.05, 4.69) is 17.9 Å². The number of unbranched alkanes of at least 4 members (excludes halogenated alkanes) is 1. The maximum atomic E-state index is 6.01. The van der Waals surface area contributed by atoms with E-state index in [0.29, 0.717) is 16.8 Å². The highest BCUT2D eigenvalue weighted by Crippen LogP contribution is 2.20. The molecule has 0 aliphatic carbocycles. The van der Waals surface area contributed by atoms with E-state index >= 15 is 0 Å². The molecule has 4 heteroatoms. The van der Waals surface area contributed by atoms with E-state index in [4.69, 9.17) is 23.2 Å². The second kappa shape index (κ2) is 5.44. The molecule has 0 N–H and O–H groups in total. The smallest absolute Gasteiger partial charge is 0.205 e. The van der Waals surface area contributed by atoms with E-state index in [1.807, 2.05) is 12.1 Å². The van der Waals surface area contributed by atoms with Gasteiger partial charge in [0.15, 0.2) is 0 Å². The van der Waals surface area contributed by atoms with Crippen molar-refractivity contribution >= 4 is 35.4 Å². The minimum absolute atomic E-state index is 0.645. The second-order valence-corrected chi connectivity index (χ2v) is 5.30. The molecule has 1 aromatic rings. The third kappa shape index (κ3) is 2.74. The Labute approximate surface area is 108 Å². The van der Waals surface area contributed by atoms with Gasteiger partial charge in [0.2, 0.25) is 6.71 Å². The predicted molar refractivity (Wildman–Crippen MR) is 73.2 cm³/mol. The van der Waals surface area contributed by atoms with Crippen molar-refractivity contribution in [3.63, 3.8) is 0 Å². The summed E-state index contributed by atoms with van der Waals surface area (Å²) in [5.74, 6) is 0. The topological polar surface area (TPSA) is 3.24 Å². The molecule has 0 atom stereocenters. The standard InChI is InChI=1S/C12H16BCl2N/c1-2-3-6-16-8-13(9-16)10-4-5-11(14)12(15)7-10/h4-5,7H,2-3,6,8-9H2,1H3. The maximum absolute atomic E-state index is 6.01. The van der Waals surface area contributed by atoms with Crippen molar-refractivity contribution in [2.75, 3.05) is 19.4 Å². The van der Waals surface area contributed by atoms with Crippen molar-refractivity contribution in [3.8, 4) is 0 Å². The Bertz CT molecular complexity index is 364. The lowest BCUT2D eigenvalue weighted by Crippen LogP contribution is -2.60. The van der Waals surface area contributed by atoms with E-state index in [0.717, 1.165) is 12.9 Å². The van der Waals surface area contributed by atoms with Gasteiger partial charge in [-0.2, -0.15) is 0 Å². The van der Waals surface area contributed by atoms with Crippen LogP contribution >= 0.6 is 23.2 Å². The minimum Gasteiger partial charge on any atom is -0.317 e. The van der Waals surface area contributed by atoms with Gasteiger partial charge in [-0.1, -0.05) is 48.1 Å². The van der Waals surface area contributed by atoms with Crippen LogP contribution in [0.4, 0.5) is 0 Å². The van der Waals surface area contributed by atoms with Gasteiger partial charge in [0, 0.05) is 0 Å². The lowest BCUT2D eigenvalue weighted by Gasteiger charge is -2.37. The zero-order valence-corrected chi connectivity index (χ0v) is 11.1. The van der Waals surface area contributed by atoms with E-state index in [9.17, 15) is 0 Å². The van der Waals surface area contributed by atoms with Gasteiger partial charge in [0.05, 0.1) is 10.0 Å². The number of nitrogens with zero attached hydrogens (tertiary/aromatic N) is 1. The van der Waals surface area contributed by atoms with Gasteiger partial charge in [-0.25, -0.2) is 0 Å². The van der Waals surface area contributed by atoms with E-state index < -0.39 is 0 Å². The van der Waals surface area contributed by atoms with Crippen LogP contribution in [-0.2, 0) is 0 Å². The molecule has 1 fully saturated rings. The van der Waals surface area contributed by atoms with Gasteiger partial charge >= 0.3 is 0 Å². The quantitative estimate of drug-likeness (QED) is 0.748. The van der Waals surface area contributed by atoms with E-state index in [1.165, 1.54) is 24.8 Å². The van der Waals surface area contributed by atoms with Gasteiger partial charge < -0.3 is 4.90 Å². The first-order chi connectivity index (χ1) is 7.70. The van der Waals surface area contributed by atoms with Crippen LogP contribution in [0.3, 0.4) is 0 Å². The van der Waals surface area contributed by atoms with Crippen LogP contribution in [0.15, 0.2) is 18.2 Å². The van der Waals surface area contributed by atoms with E-state index in [-0.39, 0.29) is 0 Å². The fourth-order valence-electron chi connectivity index (χ4n) is 2.11. The maximum Gasteiger partial charge on any atom is 0.205 e. The molecule has 1 aliphatic rings. The molecule has 0 aromatic heterocycles. The highest BCUT2D eigenvalue weighted by Gasteiger charge is 2.31. The lowest BCUT2D eigenvalue weighted by atomic mass is 9.39. The van der Waals surface area contributed by atoms with Gasteiger partial charge in [-0.15, -0.1) is 0 Å². The summed E-state index contributed by atoms with van der Waals surface area (Å²) in [5.41, 5.74) is 1.32. The average molecular weight is 256 g/mol. The third-order valence-electron chi connectivity index (χ3n) is 3.20. The fourth-order valence-corrected chi connectivity index (χ4v) is 2.42. The molecular weight excluding hydrogens is 240 g/mol. The minimum atomic E-state index is 0.645. The number of hydrogen-bond donors (Lipinski definition) is 0. The summed E-state index contributed by atoms with van der Waals surface area (Å²) in [5, 5.41) is 1.32. The summed E-state index contributed by atoms with van der Waals surface area (Å²) in [4.78, 5) is 2.50. The van der Waals surface area contributed by atoms with Crippen LogP contribution in [0.2, 0.25) is 10.0 Å². The van der Waals surface area contributed by atoms with Crippen molar-refractivity contribution < 1.29 is 0 Å². The SMILES string of the molecule is CCCCN1CB(c2ccc(Cl)c(Cl)c2)C1. The summed E-state index contributed by atoms with van der Waals surface area (Å²) in [7, 11) is 0. The molecule has 1 saturated heterocycles. The summed E-state index contributed by atoms with van der Waals surface area (Å²) in [6.07, 6.45) is 4.90. The first kappa shape index (κ1) is 12.3. The molecule has 0 bridgehead atoms. The molecule has 0 radical (unpaired) electrons. The number of benzene rings is 1. The van der Waals surface area contributed by atoms with Crippen LogP contribution in [-0.4, -0.2) is 31.0 Å². The van der Waals surface area contributed by atoms with Crippen LogP contribution < -0.4 is 5.46 Å². The van der Waals surface area contributed by atoms with Gasteiger partial charge in [-0.3, -0.25) is 0 Å². The molecule has 0 amide bonds. The Morgan fingerprint density at radius 3 is 2.62 bits per heavy atom. The average Bonchev–Trinajstić information content (AvgIpc) is 2.21. The van der Waals surface area contributed by atoms with Crippen molar-refractivity contribution in [1.82, 2.24) is 4.90 Å². The Balaban J connectivity index is 1.89. The molecule has 1 nitrogen and oxygen atoms in total. The molecule has 0 spiro atoms. The molecular formula is C12H16BCl2N. The highest BCUT2D eigenvalue weighted by atomic mass is 35.5. The Kier molecular flexibility index (Phi) is 4.18. The molecule has 16 heavy (non-hydrogen) atoms. The van der Waals surface area contributed by atoms with Gasteiger partial charge in [0.25, 0.3) is 0 Å². The molecule has 0 unspecified atom stereocenters. The molecule has 1 aromatic carbocycles. The first-order valence-corrected chi connectivity index (χ1v) is 6.63. The van der Waals surface area contributed by atoms with Crippen molar-refractivity contribution in [2.45, 2.75) is 19.8 Å². The molecule has 86 valence electrons. The fraction of sp³-hybridized carbons (Fsp3) is 0.500. The predicted octanol–water partition coefficient (Wildman–Crippen LogP) is 2.89. The summed E-state index contributed by atoms with van der Waals surface area (Å²) in [6.45, 7) is 4.11. The van der Waals surface area contributed by atoms with Gasteiger partial charge in [-0.05, 0) is 38.0 Å². The Morgan fingerprint density at radius 1 is 1.25 bits per heavy atom. The van der Waals surface area contributed by atoms with Crippen molar-refractivity contribution in [3.05, 3.63) is 28.2 Å². The number of halogens is 2. The van der Waals surface area contributed by atoms with Crippen LogP contribution in [0.1, 0.15) is 19.8 Å². The third-order valence-corrected chi connectivity index (χ3v) is 3.94. The molecule has 0 saturated carbocycles. The molecule has 2 rings (SSSR count). The monoisotopic (exact) mass is 255 g/mol. The molecule has 1 heterocycles. The van der Waals surface area contributed by atoms with Crippen LogP contribution in [0.25, 0.3) is 0 Å². The normalized spacial score (nSPS) is 16.3. The van der Waals surface area contributed by atoms with Crippen molar-refractivity contribution in [2.24, 2.45) is 0 Å². The van der Waals surface area contributed by atoms with Gasteiger partial charge in [0.1, 0.15) is 0 Å². The summed E-state index contributed by atoms with van der Waals surface area (Å²) >= 11 is 11.9. The number of hydrogen-bond acceptors (Lipinski definition) is 1. The van der Waals surface area contributed by atoms with Crippen LogP contribution in [0.5, 0.6) is 0 Å². The molecule has 1 aliphatic heterocycles. The van der Waals surface area contributed by atoms with E-state index in [1.54, 1.807) is 0 Å². The summed E-state index contributed by atoms with van der Waals surface area (Å²) in [6, 6.07) is 6.00. The highest BCUT2D eigenvalue weighted by molar-refractivity contribution is 6.76. The second-order valence-electron chi connectivity index (χ2n) is 4.48. The zero-order valence-electron chi connectivity index (χ0n) is 9.55. The largest absolute Gasteiger partial charge is 0.317 e. The van der Waals surface area contributed by atoms with Crippen LogP contribution in [0, 0.1) is 0 Å². The van der Waals surface area contributed by atoms with Crippen molar-refractivity contribution in [1.29, 1.82) is 0 Å². The Hall–Kier alpha value is -0.175. The first-order valence-electron chi connectivity index (χ1n) is 5.88. The summed E-state index contributed by atoms with van der Waals surface area (Å²) < 4.78 is 0. The zero-order chi connectivity index (χ0) is 11.5. The Morgan fingerprint density at radius 2 is 2.00 bits per heavy atom. The lowest BCUT2D eigenvalue weighted by molar-refractivity contribution is 0.315.